The molecular weight excluding hydrogens is 460 g/mol. The molecule has 0 aliphatic rings. The van der Waals surface area contributed by atoms with Gasteiger partial charge in [0.05, 0.1) is 27.2 Å². The van der Waals surface area contributed by atoms with E-state index in [4.69, 9.17) is 0 Å². The van der Waals surface area contributed by atoms with Crippen molar-refractivity contribution >= 4 is 54.2 Å². The molecule has 0 radical (unpaired) electrons. The van der Waals surface area contributed by atoms with E-state index in [1.165, 1.54) is 17.6 Å². The van der Waals surface area contributed by atoms with Gasteiger partial charge in [0.1, 0.15) is 0 Å². The molecule has 1 amide bonds. The van der Waals surface area contributed by atoms with Crippen molar-refractivity contribution in [3.63, 3.8) is 0 Å². The van der Waals surface area contributed by atoms with Gasteiger partial charge in [-0.05, 0) is 41.6 Å². The van der Waals surface area contributed by atoms with Crippen LogP contribution in [-0.2, 0) is 16.4 Å². The molecule has 0 unspecified atom stereocenters. The van der Waals surface area contributed by atoms with Gasteiger partial charge in [0.2, 0.25) is 0 Å². The Morgan fingerprint density at radius 1 is 1.03 bits per heavy atom. The van der Waals surface area contributed by atoms with Gasteiger partial charge in [-0.1, -0.05) is 60.7 Å². The minimum Gasteiger partial charge on any atom is -0.279 e. The fraction of sp³-hybridized carbons (Fsp3) is 0.167. The molecule has 4 aromatic rings. The van der Waals surface area contributed by atoms with Crippen LogP contribution < -0.4 is 4.90 Å². The van der Waals surface area contributed by atoms with E-state index < -0.39 is 9.84 Å². The monoisotopic (exact) mass is 482 g/mol. The lowest BCUT2D eigenvalue weighted by Gasteiger charge is -2.21. The van der Waals surface area contributed by atoms with Crippen LogP contribution in [0.4, 0.5) is 5.13 Å². The van der Waals surface area contributed by atoms with E-state index in [-0.39, 0.29) is 10.8 Å². The summed E-state index contributed by atoms with van der Waals surface area (Å²) in [5, 5.41) is 0.538. The third kappa shape index (κ3) is 4.87. The van der Waals surface area contributed by atoms with Crippen LogP contribution in [-0.4, -0.2) is 31.3 Å². The fourth-order valence-corrected chi connectivity index (χ4v) is 5.82. The summed E-state index contributed by atoms with van der Waals surface area (Å²) >= 11 is 2.95. The zero-order chi connectivity index (χ0) is 22.7. The predicted octanol–water partition coefficient (Wildman–Crippen LogP) is 5.66. The van der Waals surface area contributed by atoms with E-state index in [1.807, 2.05) is 54.6 Å². The second-order valence-electron chi connectivity index (χ2n) is 7.20. The summed E-state index contributed by atoms with van der Waals surface area (Å²) in [6.45, 7) is 2.42. The Hall–Kier alpha value is -2.68. The van der Waals surface area contributed by atoms with E-state index >= 15 is 0 Å². The molecular formula is C24H22N2O3S3. The molecule has 0 fully saturated rings. The molecule has 0 atom stereocenters. The molecule has 0 saturated heterocycles. The van der Waals surface area contributed by atoms with Gasteiger partial charge >= 0.3 is 0 Å². The maximum atomic E-state index is 13.7. The van der Waals surface area contributed by atoms with E-state index in [9.17, 15) is 13.2 Å². The maximum Gasteiger partial charge on any atom is 0.261 e. The third-order valence-electron chi connectivity index (χ3n) is 4.85. The van der Waals surface area contributed by atoms with Gasteiger partial charge < -0.3 is 0 Å². The van der Waals surface area contributed by atoms with Gasteiger partial charge in [0.15, 0.2) is 15.0 Å². The number of aromatic nitrogens is 1. The van der Waals surface area contributed by atoms with Gasteiger partial charge in [-0.3, -0.25) is 9.69 Å². The van der Waals surface area contributed by atoms with Crippen molar-refractivity contribution in [2.24, 2.45) is 0 Å². The van der Waals surface area contributed by atoms with Crippen LogP contribution in [0.5, 0.6) is 0 Å². The number of sulfone groups is 1. The molecule has 1 aromatic heterocycles. The number of hydrogen-bond donors (Lipinski definition) is 0. The third-order valence-corrected chi connectivity index (χ3v) is 7.96. The minimum atomic E-state index is -3.33. The Balaban J connectivity index is 1.80. The average molecular weight is 483 g/mol. The first kappa shape index (κ1) is 22.5. The SMILES string of the molecule is CCSc1ccccc1C(=O)N(Cc1ccccc1)c1nc2ccc(S(C)(=O)=O)cc2s1. The number of anilines is 1. The van der Waals surface area contributed by atoms with Crippen LogP contribution in [0, 0.1) is 0 Å². The Kier molecular flexibility index (Phi) is 6.64. The molecule has 0 saturated carbocycles. The van der Waals surface area contributed by atoms with Crippen LogP contribution in [0.1, 0.15) is 22.8 Å². The van der Waals surface area contributed by atoms with Gasteiger partial charge in [-0.2, -0.15) is 0 Å². The number of hydrogen-bond acceptors (Lipinski definition) is 6. The number of carbonyl (C=O) groups excluding carboxylic acids is 1. The highest BCUT2D eigenvalue weighted by Crippen LogP contribution is 2.33. The zero-order valence-electron chi connectivity index (χ0n) is 17.7. The number of thioether (sulfide) groups is 1. The van der Waals surface area contributed by atoms with Crippen molar-refractivity contribution in [2.75, 3.05) is 16.9 Å². The van der Waals surface area contributed by atoms with Gasteiger partial charge in [-0.15, -0.1) is 11.8 Å². The lowest BCUT2D eigenvalue weighted by molar-refractivity contribution is 0.0982. The van der Waals surface area contributed by atoms with Crippen molar-refractivity contribution in [3.8, 4) is 0 Å². The molecule has 164 valence electrons. The van der Waals surface area contributed by atoms with Crippen LogP contribution in [0.2, 0.25) is 0 Å². The summed E-state index contributed by atoms with van der Waals surface area (Å²) in [5.41, 5.74) is 2.28. The highest BCUT2D eigenvalue weighted by atomic mass is 32.2. The highest BCUT2D eigenvalue weighted by molar-refractivity contribution is 7.99. The zero-order valence-corrected chi connectivity index (χ0v) is 20.1. The van der Waals surface area contributed by atoms with Crippen LogP contribution >= 0.6 is 23.1 Å². The molecule has 8 heteroatoms. The first-order valence-corrected chi connectivity index (χ1v) is 13.7. The summed E-state index contributed by atoms with van der Waals surface area (Å²) in [6, 6.07) is 22.2. The van der Waals surface area contributed by atoms with Crippen LogP contribution in [0.3, 0.4) is 0 Å². The fourth-order valence-electron chi connectivity index (χ4n) is 3.30. The topological polar surface area (TPSA) is 67.3 Å². The highest BCUT2D eigenvalue weighted by Gasteiger charge is 2.24. The number of thiazole rings is 1. The van der Waals surface area contributed by atoms with Crippen molar-refractivity contribution in [1.29, 1.82) is 0 Å². The number of amides is 1. The molecule has 4 rings (SSSR count). The smallest absolute Gasteiger partial charge is 0.261 e. The summed E-state index contributed by atoms with van der Waals surface area (Å²) < 4.78 is 24.7. The number of nitrogens with zero attached hydrogens (tertiary/aromatic N) is 2. The van der Waals surface area contributed by atoms with Crippen molar-refractivity contribution in [1.82, 2.24) is 4.98 Å². The molecule has 3 aromatic carbocycles. The molecule has 32 heavy (non-hydrogen) atoms. The van der Waals surface area contributed by atoms with E-state index in [0.717, 1.165) is 20.9 Å². The van der Waals surface area contributed by atoms with E-state index in [0.29, 0.717) is 22.8 Å². The molecule has 0 N–H and O–H groups in total. The van der Waals surface area contributed by atoms with E-state index in [1.54, 1.807) is 34.9 Å². The van der Waals surface area contributed by atoms with Gasteiger partial charge in [-0.25, -0.2) is 13.4 Å². The predicted molar refractivity (Wildman–Crippen MR) is 133 cm³/mol. The summed E-state index contributed by atoms with van der Waals surface area (Å²) in [5.74, 6) is 0.728. The van der Waals surface area contributed by atoms with Crippen LogP contribution in [0.25, 0.3) is 10.2 Å². The normalized spacial score (nSPS) is 11.6. The molecule has 0 aliphatic carbocycles. The van der Waals surface area contributed by atoms with Crippen LogP contribution in [0.15, 0.2) is 82.6 Å². The second-order valence-corrected chi connectivity index (χ2v) is 11.5. The average Bonchev–Trinajstić information content (AvgIpc) is 3.21. The summed E-state index contributed by atoms with van der Waals surface area (Å²) in [7, 11) is -3.33. The molecule has 5 nitrogen and oxygen atoms in total. The Labute approximate surface area is 196 Å². The lowest BCUT2D eigenvalue weighted by atomic mass is 10.1. The van der Waals surface area contributed by atoms with E-state index in [2.05, 4.69) is 11.9 Å². The largest absolute Gasteiger partial charge is 0.279 e. The Bertz CT molecular complexity index is 1370. The van der Waals surface area contributed by atoms with Gasteiger partial charge in [0, 0.05) is 11.2 Å². The minimum absolute atomic E-state index is 0.132. The van der Waals surface area contributed by atoms with Gasteiger partial charge in [0.25, 0.3) is 5.91 Å². The maximum absolute atomic E-state index is 13.7. The summed E-state index contributed by atoms with van der Waals surface area (Å²) in [6.07, 6.45) is 1.18. The molecule has 1 heterocycles. The first-order valence-electron chi connectivity index (χ1n) is 10.0. The summed E-state index contributed by atoms with van der Waals surface area (Å²) in [4.78, 5) is 21.3. The first-order chi connectivity index (χ1) is 15.4. The quantitative estimate of drug-likeness (QED) is 0.318. The number of benzene rings is 3. The number of rotatable bonds is 7. The lowest BCUT2D eigenvalue weighted by Crippen LogP contribution is -2.30. The molecule has 0 spiro atoms. The van der Waals surface area contributed by atoms with Crippen molar-refractivity contribution in [3.05, 3.63) is 83.9 Å². The second kappa shape index (κ2) is 9.44. The Morgan fingerprint density at radius 2 is 1.75 bits per heavy atom. The molecule has 0 bridgehead atoms. The number of carbonyl (C=O) groups is 1. The van der Waals surface area contributed by atoms with Crippen molar-refractivity contribution < 1.29 is 13.2 Å². The Morgan fingerprint density at radius 3 is 2.47 bits per heavy atom. The molecule has 0 aliphatic heterocycles. The van der Waals surface area contributed by atoms with Crippen molar-refractivity contribution in [2.45, 2.75) is 23.3 Å². The number of fused-ring (bicyclic) bond motifs is 1. The standard InChI is InChI=1S/C24H22N2O3S3/c1-3-30-21-12-8-7-11-19(21)23(27)26(16-17-9-5-4-6-10-17)24-25-20-14-13-18(32(2,28)29)15-22(20)31-24/h4-15H,3,16H2,1-2H3.